The van der Waals surface area contributed by atoms with Gasteiger partial charge in [-0.3, -0.25) is 0 Å². The highest BCUT2D eigenvalue weighted by Crippen LogP contribution is 2.35. The maximum atomic E-state index is 6.09. The Morgan fingerprint density at radius 1 is 1.16 bits per heavy atom. The SMILES string of the molecule is CC(N)C(Oc1cc(Cl)ccc1Cl)c1ccc(Cl)s1. The Labute approximate surface area is 131 Å². The first-order valence-electron chi connectivity index (χ1n) is 5.60. The molecule has 0 radical (unpaired) electrons. The summed E-state index contributed by atoms with van der Waals surface area (Å²) in [6, 6.07) is 8.59. The summed E-state index contributed by atoms with van der Waals surface area (Å²) in [5.74, 6) is 0.515. The summed E-state index contributed by atoms with van der Waals surface area (Å²) in [4.78, 5) is 0.955. The van der Waals surface area contributed by atoms with E-state index in [-0.39, 0.29) is 12.1 Å². The van der Waals surface area contributed by atoms with Crippen molar-refractivity contribution < 1.29 is 4.74 Å². The van der Waals surface area contributed by atoms with Gasteiger partial charge in [0.1, 0.15) is 11.9 Å². The Morgan fingerprint density at radius 3 is 2.47 bits per heavy atom. The first-order chi connectivity index (χ1) is 8.97. The van der Waals surface area contributed by atoms with Gasteiger partial charge < -0.3 is 10.5 Å². The number of ether oxygens (including phenoxy) is 1. The summed E-state index contributed by atoms with van der Waals surface area (Å²) in [6.07, 6.45) is -0.312. The van der Waals surface area contributed by atoms with Crippen LogP contribution in [0, 0.1) is 0 Å². The van der Waals surface area contributed by atoms with Crippen molar-refractivity contribution >= 4 is 46.1 Å². The molecular formula is C13H12Cl3NOS. The largest absolute Gasteiger partial charge is 0.482 e. The first-order valence-corrected chi connectivity index (χ1v) is 7.55. The minimum atomic E-state index is -0.312. The highest BCUT2D eigenvalue weighted by atomic mass is 35.5. The monoisotopic (exact) mass is 335 g/mol. The van der Waals surface area contributed by atoms with Crippen molar-refractivity contribution in [1.82, 2.24) is 0 Å². The third kappa shape index (κ3) is 3.77. The van der Waals surface area contributed by atoms with Crippen molar-refractivity contribution in [3.8, 4) is 5.75 Å². The molecule has 1 aromatic carbocycles. The van der Waals surface area contributed by atoms with Crippen molar-refractivity contribution in [1.29, 1.82) is 0 Å². The summed E-state index contributed by atoms with van der Waals surface area (Å²) < 4.78 is 6.59. The highest BCUT2D eigenvalue weighted by molar-refractivity contribution is 7.16. The third-order valence-electron chi connectivity index (χ3n) is 2.50. The van der Waals surface area contributed by atoms with Gasteiger partial charge in [0.05, 0.1) is 9.36 Å². The molecule has 0 saturated carbocycles. The molecule has 2 unspecified atom stereocenters. The Kier molecular flexibility index (Phi) is 4.98. The van der Waals surface area contributed by atoms with Crippen molar-refractivity contribution in [2.45, 2.75) is 19.1 Å². The van der Waals surface area contributed by atoms with Gasteiger partial charge in [-0.25, -0.2) is 0 Å². The van der Waals surface area contributed by atoms with E-state index >= 15 is 0 Å². The van der Waals surface area contributed by atoms with Crippen molar-refractivity contribution in [3.63, 3.8) is 0 Å². The number of thiophene rings is 1. The van der Waals surface area contributed by atoms with E-state index in [1.54, 1.807) is 18.2 Å². The van der Waals surface area contributed by atoms with Crippen LogP contribution in [0.5, 0.6) is 5.75 Å². The van der Waals surface area contributed by atoms with E-state index in [9.17, 15) is 0 Å². The Bertz CT molecular complexity index is 571. The molecule has 2 atom stereocenters. The molecule has 102 valence electrons. The lowest BCUT2D eigenvalue weighted by atomic mass is 10.1. The third-order valence-corrected chi connectivity index (χ3v) is 4.34. The summed E-state index contributed by atoms with van der Waals surface area (Å²) in [6.45, 7) is 1.87. The lowest BCUT2D eigenvalue weighted by Gasteiger charge is -2.22. The molecule has 1 aromatic heterocycles. The van der Waals surface area contributed by atoms with Gasteiger partial charge >= 0.3 is 0 Å². The average Bonchev–Trinajstić information content (AvgIpc) is 2.76. The lowest BCUT2D eigenvalue weighted by molar-refractivity contribution is 0.184. The van der Waals surface area contributed by atoms with Crippen LogP contribution in [0.2, 0.25) is 14.4 Å². The molecule has 6 heteroatoms. The van der Waals surface area contributed by atoms with Crippen LogP contribution in [0.25, 0.3) is 0 Å². The van der Waals surface area contributed by atoms with Crippen molar-refractivity contribution in [2.24, 2.45) is 5.73 Å². The number of hydrogen-bond donors (Lipinski definition) is 1. The van der Waals surface area contributed by atoms with Crippen molar-refractivity contribution in [3.05, 3.63) is 49.6 Å². The number of rotatable bonds is 4. The van der Waals surface area contributed by atoms with E-state index in [0.717, 1.165) is 4.88 Å². The van der Waals surface area contributed by atoms with Gasteiger partial charge in [-0.05, 0) is 31.2 Å². The lowest BCUT2D eigenvalue weighted by Crippen LogP contribution is -2.28. The smallest absolute Gasteiger partial charge is 0.148 e. The summed E-state index contributed by atoms with van der Waals surface area (Å²) in [5.41, 5.74) is 5.98. The van der Waals surface area contributed by atoms with E-state index in [2.05, 4.69) is 0 Å². The topological polar surface area (TPSA) is 35.2 Å². The predicted octanol–water partition coefficient (Wildman–Crippen LogP) is 5.18. The predicted molar refractivity (Wildman–Crippen MR) is 82.8 cm³/mol. The van der Waals surface area contributed by atoms with E-state index in [1.807, 2.05) is 19.1 Å². The zero-order chi connectivity index (χ0) is 14.0. The van der Waals surface area contributed by atoms with Crippen molar-refractivity contribution in [2.75, 3.05) is 0 Å². The van der Waals surface area contributed by atoms with Gasteiger partial charge in [0.25, 0.3) is 0 Å². The number of benzene rings is 1. The number of hydrogen-bond acceptors (Lipinski definition) is 3. The molecule has 0 aliphatic carbocycles. The summed E-state index contributed by atoms with van der Waals surface area (Å²) in [7, 11) is 0. The van der Waals surface area contributed by atoms with E-state index < -0.39 is 0 Å². The molecule has 0 fully saturated rings. The van der Waals surface area contributed by atoms with Crippen LogP contribution in [-0.4, -0.2) is 6.04 Å². The second-order valence-electron chi connectivity index (χ2n) is 4.11. The Hall–Kier alpha value is -0.450. The fraction of sp³-hybridized carbons (Fsp3) is 0.231. The molecule has 2 N–H and O–H groups in total. The molecule has 19 heavy (non-hydrogen) atoms. The Balaban J connectivity index is 2.29. The van der Waals surface area contributed by atoms with Gasteiger partial charge in [-0.15, -0.1) is 11.3 Å². The maximum absolute atomic E-state index is 6.09. The minimum Gasteiger partial charge on any atom is -0.482 e. The zero-order valence-corrected chi connectivity index (χ0v) is 13.2. The molecule has 0 bridgehead atoms. The second-order valence-corrected chi connectivity index (χ2v) is 6.70. The van der Waals surface area contributed by atoms with Gasteiger partial charge in [-0.1, -0.05) is 34.8 Å². The zero-order valence-electron chi connectivity index (χ0n) is 10.1. The quantitative estimate of drug-likeness (QED) is 0.835. The molecule has 0 spiro atoms. The van der Waals surface area contributed by atoms with Gasteiger partial charge in [0.15, 0.2) is 0 Å². The molecule has 0 aliphatic heterocycles. The molecule has 0 saturated heterocycles. The van der Waals surface area contributed by atoms with E-state index in [4.69, 9.17) is 45.3 Å². The fourth-order valence-electron chi connectivity index (χ4n) is 1.61. The number of halogens is 3. The van der Waals surface area contributed by atoms with Crippen LogP contribution >= 0.6 is 46.1 Å². The first kappa shape index (κ1) is 14.9. The standard InChI is InChI=1S/C13H12Cl3NOS/c1-7(17)13(11-4-5-12(16)19-11)18-10-6-8(14)2-3-9(10)15/h2-7,13H,17H2,1H3. The normalized spacial score (nSPS) is 14.2. The summed E-state index contributed by atoms with van der Waals surface area (Å²) >= 11 is 19.4. The molecule has 2 aromatic rings. The van der Waals surface area contributed by atoms with Crippen LogP contribution in [0.3, 0.4) is 0 Å². The molecule has 1 heterocycles. The van der Waals surface area contributed by atoms with Gasteiger partial charge in [-0.2, -0.15) is 0 Å². The van der Waals surface area contributed by atoms with E-state index in [0.29, 0.717) is 20.1 Å². The number of nitrogens with two attached hydrogens (primary N) is 1. The van der Waals surface area contributed by atoms with Crippen LogP contribution < -0.4 is 10.5 Å². The fourth-order valence-corrected chi connectivity index (χ4v) is 3.14. The van der Waals surface area contributed by atoms with Crippen LogP contribution in [0.1, 0.15) is 17.9 Å². The van der Waals surface area contributed by atoms with E-state index in [1.165, 1.54) is 11.3 Å². The molecule has 0 amide bonds. The van der Waals surface area contributed by atoms with Gasteiger partial charge in [0, 0.05) is 22.0 Å². The molecule has 0 aliphatic rings. The highest BCUT2D eigenvalue weighted by Gasteiger charge is 2.21. The van der Waals surface area contributed by atoms with Crippen LogP contribution in [0.15, 0.2) is 30.3 Å². The average molecular weight is 337 g/mol. The van der Waals surface area contributed by atoms with Crippen LogP contribution in [0.4, 0.5) is 0 Å². The second kappa shape index (κ2) is 6.33. The molecule has 2 rings (SSSR count). The maximum Gasteiger partial charge on any atom is 0.148 e. The minimum absolute atomic E-state index is 0.204. The molecule has 2 nitrogen and oxygen atoms in total. The summed E-state index contributed by atoms with van der Waals surface area (Å²) in [5, 5.41) is 1.06. The molecular weight excluding hydrogens is 325 g/mol. The van der Waals surface area contributed by atoms with Gasteiger partial charge in [0.2, 0.25) is 0 Å². The van der Waals surface area contributed by atoms with Crippen LogP contribution in [-0.2, 0) is 0 Å². The Morgan fingerprint density at radius 2 is 1.89 bits per heavy atom.